The smallest absolute Gasteiger partial charge is 0.380 e. The number of piperidine rings is 1. The molecule has 1 N–H and O–H groups in total. The number of halogens is 4. The van der Waals surface area contributed by atoms with Gasteiger partial charge in [0.05, 0.1) is 12.1 Å². The minimum atomic E-state index is -4.66. The third kappa shape index (κ3) is 3.97. The predicted molar refractivity (Wildman–Crippen MR) is 114 cm³/mol. The van der Waals surface area contributed by atoms with E-state index in [0.717, 1.165) is 22.3 Å². The average molecular weight is 451 g/mol. The molecule has 4 nitrogen and oxygen atoms in total. The van der Waals surface area contributed by atoms with Crippen molar-refractivity contribution in [2.45, 2.75) is 31.5 Å². The molecule has 0 amide bonds. The van der Waals surface area contributed by atoms with Gasteiger partial charge in [-0.25, -0.2) is 0 Å². The largest absolute Gasteiger partial charge is 0.417 e. The molecule has 0 spiro atoms. The van der Waals surface area contributed by atoms with Gasteiger partial charge in [0.1, 0.15) is 0 Å². The normalized spacial score (nSPS) is 17.2. The minimum Gasteiger partial charge on any atom is -0.380 e. The number of Topliss-reactive ketones (excluding diaryl/α,β-unsaturated/α-hetero) is 1. The Morgan fingerprint density at radius 1 is 1.10 bits per heavy atom. The predicted octanol–water partition coefficient (Wildman–Crippen LogP) is 5.16. The quantitative estimate of drug-likeness (QED) is 0.558. The number of nitrogens with zero attached hydrogens (tertiary/aromatic N) is 2. The van der Waals surface area contributed by atoms with Crippen LogP contribution in [0.25, 0.3) is 16.6 Å². The molecule has 1 fully saturated rings. The van der Waals surface area contributed by atoms with Crippen LogP contribution in [0.5, 0.6) is 0 Å². The van der Waals surface area contributed by atoms with E-state index in [1.165, 1.54) is 0 Å². The van der Waals surface area contributed by atoms with Crippen LogP contribution in [0.1, 0.15) is 28.9 Å². The fourth-order valence-electron chi connectivity index (χ4n) is 4.29. The van der Waals surface area contributed by atoms with Crippen LogP contribution in [0.4, 0.5) is 13.2 Å². The summed E-state index contributed by atoms with van der Waals surface area (Å²) < 4.78 is 41.1. The number of carbonyl (C=O) groups excluding carboxylic acids is 1. The first-order valence-electron chi connectivity index (χ1n) is 10.0. The molecule has 8 heteroatoms. The Hall–Kier alpha value is -2.35. The zero-order valence-electron chi connectivity index (χ0n) is 16.9. The van der Waals surface area contributed by atoms with Crippen LogP contribution < -0.4 is 0 Å². The van der Waals surface area contributed by atoms with Crippen LogP contribution in [-0.2, 0) is 0 Å². The summed E-state index contributed by atoms with van der Waals surface area (Å²) in [4.78, 5) is 14.9. The molecule has 2 aromatic carbocycles. The summed E-state index contributed by atoms with van der Waals surface area (Å²) in [6.45, 7) is 1.89. The molecule has 0 bridgehead atoms. The van der Waals surface area contributed by atoms with E-state index < -0.39 is 24.6 Å². The second-order valence-corrected chi connectivity index (χ2v) is 8.45. The number of aliphatic hydroxyl groups is 1. The van der Waals surface area contributed by atoms with Gasteiger partial charge in [-0.1, -0.05) is 29.8 Å². The SMILES string of the molecule is Cc1c(C(=O)CN2CCC(O)(C(F)(F)F)CC2)c2ccccc2n1-c1ccc(Cl)cc1. The summed E-state index contributed by atoms with van der Waals surface area (Å²) in [5.74, 6) is -0.154. The van der Waals surface area contributed by atoms with Gasteiger partial charge < -0.3 is 9.67 Å². The minimum absolute atomic E-state index is 0.00338. The molecule has 31 heavy (non-hydrogen) atoms. The van der Waals surface area contributed by atoms with Gasteiger partial charge in [0.15, 0.2) is 11.4 Å². The molecule has 1 aromatic heterocycles. The molecule has 4 rings (SSSR count). The molecule has 1 saturated heterocycles. The summed E-state index contributed by atoms with van der Waals surface area (Å²) in [5.41, 5.74) is 0.383. The maximum atomic E-state index is 13.2. The Balaban J connectivity index is 1.62. The van der Waals surface area contributed by atoms with Crippen LogP contribution in [0.3, 0.4) is 0 Å². The number of likely N-dealkylation sites (tertiary alicyclic amines) is 1. The highest BCUT2D eigenvalue weighted by Gasteiger charge is 2.54. The Morgan fingerprint density at radius 3 is 2.32 bits per heavy atom. The van der Waals surface area contributed by atoms with E-state index in [0.29, 0.717) is 10.6 Å². The van der Waals surface area contributed by atoms with E-state index in [1.54, 1.807) is 17.0 Å². The van der Waals surface area contributed by atoms with E-state index in [9.17, 15) is 23.1 Å². The molecule has 0 saturated carbocycles. The first kappa shape index (κ1) is 21.9. The molecule has 1 aliphatic heterocycles. The highest BCUT2D eigenvalue weighted by atomic mass is 35.5. The number of hydrogen-bond donors (Lipinski definition) is 1. The van der Waals surface area contributed by atoms with Crippen molar-refractivity contribution in [3.8, 4) is 5.69 Å². The molecular formula is C23H22ClF3N2O2. The number of rotatable bonds is 4. The highest BCUT2D eigenvalue weighted by Crippen LogP contribution is 2.38. The summed E-state index contributed by atoms with van der Waals surface area (Å²) >= 11 is 6.01. The summed E-state index contributed by atoms with van der Waals surface area (Å²) in [6, 6.07) is 14.9. The van der Waals surface area contributed by atoms with Crippen LogP contribution in [0.15, 0.2) is 48.5 Å². The monoisotopic (exact) mass is 450 g/mol. The second-order valence-electron chi connectivity index (χ2n) is 8.02. The molecule has 1 aliphatic rings. The van der Waals surface area contributed by atoms with Gasteiger partial charge >= 0.3 is 6.18 Å². The first-order chi connectivity index (χ1) is 14.6. The third-order valence-corrected chi connectivity index (χ3v) is 6.31. The maximum Gasteiger partial charge on any atom is 0.417 e. The van der Waals surface area contributed by atoms with Crippen LogP contribution in [-0.4, -0.2) is 51.8 Å². The van der Waals surface area contributed by atoms with E-state index in [2.05, 4.69) is 0 Å². The Kier molecular flexibility index (Phi) is 5.62. The third-order valence-electron chi connectivity index (χ3n) is 6.05. The lowest BCUT2D eigenvalue weighted by Crippen LogP contribution is -2.53. The Morgan fingerprint density at radius 2 is 1.71 bits per heavy atom. The molecule has 164 valence electrons. The van der Waals surface area contributed by atoms with Gasteiger partial charge in [-0.3, -0.25) is 9.69 Å². The van der Waals surface area contributed by atoms with E-state index in [1.807, 2.05) is 47.9 Å². The van der Waals surface area contributed by atoms with Gasteiger partial charge in [-0.2, -0.15) is 13.2 Å². The molecular weight excluding hydrogens is 429 g/mol. The Bertz CT molecular complexity index is 1110. The van der Waals surface area contributed by atoms with Crippen LogP contribution in [0, 0.1) is 6.92 Å². The van der Waals surface area contributed by atoms with Crippen LogP contribution >= 0.6 is 11.6 Å². The van der Waals surface area contributed by atoms with Crippen molar-refractivity contribution >= 4 is 28.3 Å². The molecule has 2 heterocycles. The lowest BCUT2D eigenvalue weighted by Gasteiger charge is -2.38. The zero-order chi connectivity index (χ0) is 22.4. The molecule has 0 aliphatic carbocycles. The number of hydrogen-bond acceptors (Lipinski definition) is 3. The van der Waals surface area contributed by atoms with Crippen molar-refractivity contribution < 1.29 is 23.1 Å². The summed E-state index contributed by atoms with van der Waals surface area (Å²) in [5, 5.41) is 11.3. The standard InChI is InChI=1S/C23H22ClF3N2O2/c1-15-21(20(30)14-28-12-10-22(31,11-13-28)23(25,26)27)18-4-2-3-5-19(18)29(15)17-8-6-16(24)7-9-17/h2-9,31H,10-14H2,1H3. The Labute approximate surface area is 182 Å². The van der Waals surface area contributed by atoms with Crippen molar-refractivity contribution in [2.75, 3.05) is 19.6 Å². The van der Waals surface area contributed by atoms with E-state index in [-0.39, 0.29) is 25.4 Å². The first-order valence-corrected chi connectivity index (χ1v) is 10.4. The maximum absolute atomic E-state index is 13.2. The van der Waals surface area contributed by atoms with E-state index in [4.69, 9.17) is 11.6 Å². The fourth-order valence-corrected chi connectivity index (χ4v) is 4.41. The highest BCUT2D eigenvalue weighted by molar-refractivity contribution is 6.30. The van der Waals surface area contributed by atoms with Crippen molar-refractivity contribution in [1.29, 1.82) is 0 Å². The number of ketones is 1. The van der Waals surface area contributed by atoms with E-state index >= 15 is 0 Å². The topological polar surface area (TPSA) is 45.5 Å². The van der Waals surface area contributed by atoms with Gasteiger partial charge in [-0.15, -0.1) is 0 Å². The molecule has 0 radical (unpaired) electrons. The zero-order valence-corrected chi connectivity index (χ0v) is 17.7. The van der Waals surface area contributed by atoms with Gasteiger partial charge in [-0.05, 0) is 50.1 Å². The van der Waals surface area contributed by atoms with Crippen molar-refractivity contribution in [3.05, 3.63) is 64.8 Å². The number of alkyl halides is 3. The average Bonchev–Trinajstić information content (AvgIpc) is 3.01. The summed E-state index contributed by atoms with van der Waals surface area (Å²) in [7, 11) is 0. The van der Waals surface area contributed by atoms with Gasteiger partial charge in [0, 0.05) is 40.4 Å². The number of benzene rings is 2. The summed E-state index contributed by atoms with van der Waals surface area (Å²) in [6.07, 6.45) is -5.53. The molecule has 3 aromatic rings. The van der Waals surface area contributed by atoms with Crippen molar-refractivity contribution in [3.63, 3.8) is 0 Å². The molecule has 0 unspecified atom stereocenters. The van der Waals surface area contributed by atoms with Crippen molar-refractivity contribution in [2.24, 2.45) is 0 Å². The number of para-hydroxylation sites is 1. The number of carbonyl (C=O) groups is 1. The molecule has 0 atom stereocenters. The second kappa shape index (κ2) is 7.97. The van der Waals surface area contributed by atoms with Gasteiger partial charge in [0.2, 0.25) is 0 Å². The lowest BCUT2D eigenvalue weighted by atomic mass is 9.90. The number of fused-ring (bicyclic) bond motifs is 1. The van der Waals surface area contributed by atoms with Gasteiger partial charge in [0.25, 0.3) is 0 Å². The number of aromatic nitrogens is 1. The lowest BCUT2D eigenvalue weighted by molar-refractivity contribution is -0.272. The van der Waals surface area contributed by atoms with Crippen molar-refractivity contribution in [1.82, 2.24) is 9.47 Å². The fraction of sp³-hybridized carbons (Fsp3) is 0.348. The van der Waals surface area contributed by atoms with Crippen LogP contribution in [0.2, 0.25) is 5.02 Å².